The maximum Gasteiger partial charge on any atom is 0.253 e. The highest BCUT2D eigenvalue weighted by atomic mass is 19.1. The number of methoxy groups -OCH3 is 1. The lowest BCUT2D eigenvalue weighted by Crippen LogP contribution is -2.36. The minimum Gasteiger partial charge on any atom is -0.475 e. The number of aliphatic hydroxyl groups excluding tert-OH is 1. The fourth-order valence-electron chi connectivity index (χ4n) is 3.51. The molecule has 0 radical (unpaired) electrons. The Hall–Kier alpha value is -2.51. The van der Waals surface area contributed by atoms with E-state index in [0.717, 1.165) is 25.7 Å². The van der Waals surface area contributed by atoms with Crippen LogP contribution in [0.25, 0.3) is 11.3 Å². The van der Waals surface area contributed by atoms with E-state index in [2.05, 4.69) is 10.3 Å². The van der Waals surface area contributed by atoms with E-state index in [1.807, 2.05) is 0 Å². The normalized spacial score (nSPS) is 19.0. The number of carbonyl (C=O) groups excluding carboxylic acids is 1. The standard InChI is InChI=1S/C22H27FN2O4/c1-28-12-13-29-20-11-10-18(21(25-20)15-6-8-17(23)9-7-15)22(27)24-14-16-4-2-3-5-19(16)26/h6-11,16,19,26H,2-5,12-14H2,1H3,(H,24,27). The van der Waals surface area contributed by atoms with Gasteiger partial charge < -0.3 is 19.9 Å². The molecule has 0 bridgehead atoms. The molecule has 1 heterocycles. The molecule has 2 unspecified atom stereocenters. The van der Waals surface area contributed by atoms with Crippen molar-refractivity contribution >= 4 is 5.91 Å². The fourth-order valence-corrected chi connectivity index (χ4v) is 3.51. The van der Waals surface area contributed by atoms with Crippen LogP contribution >= 0.6 is 0 Å². The topological polar surface area (TPSA) is 80.7 Å². The number of benzene rings is 1. The third-order valence-corrected chi connectivity index (χ3v) is 5.16. The van der Waals surface area contributed by atoms with Gasteiger partial charge in [0.25, 0.3) is 5.91 Å². The zero-order chi connectivity index (χ0) is 20.6. The molecule has 2 atom stereocenters. The van der Waals surface area contributed by atoms with E-state index >= 15 is 0 Å². The van der Waals surface area contributed by atoms with E-state index < -0.39 is 0 Å². The second-order valence-electron chi connectivity index (χ2n) is 7.22. The molecule has 2 aromatic rings. The van der Waals surface area contributed by atoms with Crippen LogP contribution in [0.5, 0.6) is 5.88 Å². The van der Waals surface area contributed by atoms with Gasteiger partial charge in [0, 0.05) is 31.2 Å². The molecule has 1 aliphatic carbocycles. The first-order chi connectivity index (χ1) is 14.1. The molecule has 6 nitrogen and oxygen atoms in total. The molecule has 3 rings (SSSR count). The predicted molar refractivity (Wildman–Crippen MR) is 107 cm³/mol. The number of hydrogen-bond acceptors (Lipinski definition) is 5. The van der Waals surface area contributed by atoms with Crippen molar-refractivity contribution in [2.24, 2.45) is 5.92 Å². The molecular formula is C22H27FN2O4. The Morgan fingerprint density at radius 3 is 2.66 bits per heavy atom. The van der Waals surface area contributed by atoms with Crippen LogP contribution in [0.4, 0.5) is 4.39 Å². The van der Waals surface area contributed by atoms with Crippen LogP contribution in [-0.2, 0) is 4.74 Å². The Kier molecular flexibility index (Phi) is 7.55. The molecule has 1 amide bonds. The molecule has 0 spiro atoms. The van der Waals surface area contributed by atoms with Crippen molar-refractivity contribution in [3.63, 3.8) is 0 Å². The van der Waals surface area contributed by atoms with Crippen LogP contribution in [0.15, 0.2) is 36.4 Å². The minimum atomic E-state index is -0.379. The molecule has 2 N–H and O–H groups in total. The summed E-state index contributed by atoms with van der Waals surface area (Å²) in [5.41, 5.74) is 1.41. The van der Waals surface area contributed by atoms with Crippen molar-refractivity contribution in [3.05, 3.63) is 47.8 Å². The van der Waals surface area contributed by atoms with Gasteiger partial charge in [0.1, 0.15) is 12.4 Å². The van der Waals surface area contributed by atoms with Crippen LogP contribution in [-0.4, -0.2) is 49.0 Å². The highest BCUT2D eigenvalue weighted by Crippen LogP contribution is 2.26. The lowest BCUT2D eigenvalue weighted by atomic mass is 9.86. The molecule has 1 aliphatic rings. The lowest BCUT2D eigenvalue weighted by molar-refractivity contribution is 0.0663. The van der Waals surface area contributed by atoms with Crippen LogP contribution in [0, 0.1) is 11.7 Å². The summed E-state index contributed by atoms with van der Waals surface area (Å²) in [6.45, 7) is 1.16. The first-order valence-electron chi connectivity index (χ1n) is 9.93. The van der Waals surface area contributed by atoms with Crippen LogP contribution in [0.2, 0.25) is 0 Å². The molecule has 1 aromatic carbocycles. The summed E-state index contributed by atoms with van der Waals surface area (Å²) in [4.78, 5) is 17.3. The molecule has 156 valence electrons. The third kappa shape index (κ3) is 5.74. The summed E-state index contributed by atoms with van der Waals surface area (Å²) in [6.07, 6.45) is 3.38. The van der Waals surface area contributed by atoms with Gasteiger partial charge in [-0.15, -0.1) is 0 Å². The van der Waals surface area contributed by atoms with Crippen LogP contribution in [0.3, 0.4) is 0 Å². The zero-order valence-electron chi connectivity index (χ0n) is 16.6. The number of nitrogens with one attached hydrogen (secondary N) is 1. The Morgan fingerprint density at radius 2 is 1.93 bits per heavy atom. The quantitative estimate of drug-likeness (QED) is 0.663. The monoisotopic (exact) mass is 402 g/mol. The first kappa shape index (κ1) is 21.2. The SMILES string of the molecule is COCCOc1ccc(C(=O)NCC2CCCCC2O)c(-c2ccc(F)cc2)n1. The lowest BCUT2D eigenvalue weighted by Gasteiger charge is -2.27. The maximum absolute atomic E-state index is 13.3. The number of rotatable bonds is 8. The molecule has 1 aromatic heterocycles. The van der Waals surface area contributed by atoms with E-state index in [1.54, 1.807) is 31.4 Å². The van der Waals surface area contributed by atoms with Crippen molar-refractivity contribution in [1.82, 2.24) is 10.3 Å². The van der Waals surface area contributed by atoms with Gasteiger partial charge in [0.15, 0.2) is 0 Å². The van der Waals surface area contributed by atoms with Gasteiger partial charge in [-0.05, 0) is 43.2 Å². The summed E-state index contributed by atoms with van der Waals surface area (Å²) in [6, 6.07) is 9.11. The number of hydrogen-bond donors (Lipinski definition) is 2. The van der Waals surface area contributed by atoms with Gasteiger partial charge >= 0.3 is 0 Å². The van der Waals surface area contributed by atoms with Gasteiger partial charge in [-0.25, -0.2) is 9.37 Å². The molecule has 1 fully saturated rings. The third-order valence-electron chi connectivity index (χ3n) is 5.16. The highest BCUT2D eigenvalue weighted by molar-refractivity contribution is 6.00. The van der Waals surface area contributed by atoms with Crippen LogP contribution in [0.1, 0.15) is 36.0 Å². The molecule has 0 aliphatic heterocycles. The fraction of sp³-hybridized carbons (Fsp3) is 0.455. The van der Waals surface area contributed by atoms with E-state index in [9.17, 15) is 14.3 Å². The number of nitrogens with zero attached hydrogens (tertiary/aromatic N) is 1. The van der Waals surface area contributed by atoms with Gasteiger partial charge in [0.05, 0.1) is 24.0 Å². The van der Waals surface area contributed by atoms with Crippen molar-refractivity contribution in [1.29, 1.82) is 0 Å². The van der Waals surface area contributed by atoms with E-state index in [0.29, 0.717) is 42.5 Å². The predicted octanol–water partition coefficient (Wildman–Crippen LogP) is 3.19. The number of pyridine rings is 1. The molecular weight excluding hydrogens is 375 g/mol. The summed E-state index contributed by atoms with van der Waals surface area (Å²) < 4.78 is 23.9. The Labute approximate surface area is 170 Å². The molecule has 29 heavy (non-hydrogen) atoms. The van der Waals surface area contributed by atoms with Crippen molar-refractivity contribution in [3.8, 4) is 17.1 Å². The van der Waals surface area contributed by atoms with Gasteiger partial charge in [0.2, 0.25) is 5.88 Å². The van der Waals surface area contributed by atoms with Crippen molar-refractivity contribution in [2.75, 3.05) is 26.9 Å². The van der Waals surface area contributed by atoms with E-state index in [-0.39, 0.29) is 23.7 Å². The molecule has 7 heteroatoms. The Balaban J connectivity index is 1.79. The van der Waals surface area contributed by atoms with Crippen LogP contribution < -0.4 is 10.1 Å². The number of ether oxygens (including phenoxy) is 2. The van der Waals surface area contributed by atoms with Gasteiger partial charge in [-0.1, -0.05) is 12.8 Å². The highest BCUT2D eigenvalue weighted by Gasteiger charge is 2.24. The number of aromatic nitrogens is 1. The summed E-state index contributed by atoms with van der Waals surface area (Å²) in [5, 5.41) is 13.0. The van der Waals surface area contributed by atoms with Gasteiger partial charge in [-0.2, -0.15) is 0 Å². The minimum absolute atomic E-state index is 0.0616. The number of halogens is 1. The number of aliphatic hydroxyl groups is 1. The molecule has 0 saturated heterocycles. The largest absolute Gasteiger partial charge is 0.475 e. The summed E-state index contributed by atoms with van der Waals surface area (Å²) in [7, 11) is 1.58. The average molecular weight is 402 g/mol. The van der Waals surface area contributed by atoms with Crippen molar-refractivity contribution < 1.29 is 23.8 Å². The Morgan fingerprint density at radius 1 is 1.17 bits per heavy atom. The van der Waals surface area contributed by atoms with Gasteiger partial charge in [-0.3, -0.25) is 4.79 Å². The second-order valence-corrected chi connectivity index (χ2v) is 7.22. The van der Waals surface area contributed by atoms with E-state index in [4.69, 9.17) is 9.47 Å². The molecule has 1 saturated carbocycles. The first-order valence-corrected chi connectivity index (χ1v) is 9.93. The number of carbonyl (C=O) groups is 1. The maximum atomic E-state index is 13.3. The van der Waals surface area contributed by atoms with Crippen molar-refractivity contribution in [2.45, 2.75) is 31.8 Å². The summed E-state index contributed by atoms with van der Waals surface area (Å²) in [5.74, 6) is -0.219. The second kappa shape index (κ2) is 10.3. The zero-order valence-corrected chi connectivity index (χ0v) is 16.6. The average Bonchev–Trinajstić information content (AvgIpc) is 2.73. The number of amides is 1. The Bertz CT molecular complexity index is 813. The smallest absolute Gasteiger partial charge is 0.253 e. The summed E-state index contributed by atoms with van der Waals surface area (Å²) >= 11 is 0. The van der Waals surface area contributed by atoms with E-state index in [1.165, 1.54) is 12.1 Å².